The summed E-state index contributed by atoms with van der Waals surface area (Å²) in [5, 5.41) is 8.47. The van der Waals surface area contributed by atoms with E-state index in [0.717, 1.165) is 27.3 Å². The molecule has 0 atom stereocenters. The Bertz CT molecular complexity index is 1090. The van der Waals surface area contributed by atoms with Crippen LogP contribution in [-0.4, -0.2) is 29.3 Å². The van der Waals surface area contributed by atoms with E-state index >= 15 is 0 Å². The third kappa shape index (κ3) is 3.43. The first-order valence-corrected chi connectivity index (χ1v) is 9.12. The fourth-order valence-corrected chi connectivity index (χ4v) is 3.67. The van der Waals surface area contributed by atoms with E-state index in [-0.39, 0.29) is 0 Å². The highest BCUT2D eigenvalue weighted by Crippen LogP contribution is 2.33. The lowest BCUT2D eigenvalue weighted by atomic mass is 10.1. The molecule has 0 saturated heterocycles. The zero-order valence-electron chi connectivity index (χ0n) is 15.1. The quantitative estimate of drug-likeness (QED) is 0.533. The number of ether oxygens (including phenoxy) is 2. The van der Waals surface area contributed by atoms with E-state index in [1.807, 2.05) is 24.3 Å². The summed E-state index contributed by atoms with van der Waals surface area (Å²) in [4.78, 5) is 10.8. The summed E-state index contributed by atoms with van der Waals surface area (Å²) in [6.07, 6.45) is 1.56. The number of aryl methyl sites for hydroxylation is 1. The summed E-state index contributed by atoms with van der Waals surface area (Å²) < 4.78 is 16.1. The molecule has 0 spiro atoms. The zero-order valence-corrected chi connectivity index (χ0v) is 16.0. The molecule has 138 valence electrons. The topological polar surface area (TPSA) is 82.3 Å². The Hall–Kier alpha value is -3.13. The van der Waals surface area contributed by atoms with E-state index in [1.54, 1.807) is 31.9 Å². The number of nitrogens with zero attached hydrogens (tertiary/aromatic N) is 3. The maximum Gasteiger partial charge on any atom is 0.156 e. The molecule has 1 N–H and O–H groups in total. The highest BCUT2D eigenvalue weighted by molar-refractivity contribution is 7.18. The molecule has 4 aromatic rings. The summed E-state index contributed by atoms with van der Waals surface area (Å²) in [5.41, 5.74) is 1.54. The van der Waals surface area contributed by atoms with Crippen molar-refractivity contribution in [2.75, 3.05) is 19.5 Å². The van der Waals surface area contributed by atoms with Gasteiger partial charge in [0.15, 0.2) is 5.76 Å². The standard InChI is InChI=1S/C19H18N4O3S/c1-11-6-15-18(21-10-22-19(15)27-11)20-9-13-7-16(23-26-13)14-5-4-12(24-2)8-17(14)25-3/h4-8,10H,9H2,1-3H3,(H,20,21,22). The van der Waals surface area contributed by atoms with Crippen LogP contribution in [0.5, 0.6) is 11.5 Å². The third-order valence-corrected chi connectivity index (χ3v) is 5.08. The first-order chi connectivity index (χ1) is 13.2. The van der Waals surface area contributed by atoms with Crippen molar-refractivity contribution in [1.82, 2.24) is 15.1 Å². The summed E-state index contributed by atoms with van der Waals surface area (Å²) in [6.45, 7) is 2.52. The number of fused-ring (bicyclic) bond motifs is 1. The average molecular weight is 382 g/mol. The summed E-state index contributed by atoms with van der Waals surface area (Å²) in [6, 6.07) is 9.54. The van der Waals surface area contributed by atoms with Crippen molar-refractivity contribution >= 4 is 27.4 Å². The van der Waals surface area contributed by atoms with Gasteiger partial charge in [0.05, 0.1) is 26.2 Å². The largest absolute Gasteiger partial charge is 0.497 e. The predicted octanol–water partition coefficient (Wildman–Crippen LogP) is 4.28. The van der Waals surface area contributed by atoms with Crippen LogP contribution < -0.4 is 14.8 Å². The van der Waals surface area contributed by atoms with E-state index in [2.05, 4.69) is 33.4 Å². The molecule has 0 saturated carbocycles. The Morgan fingerprint density at radius 1 is 1.11 bits per heavy atom. The number of hydrogen-bond donors (Lipinski definition) is 1. The molecule has 3 aromatic heterocycles. The van der Waals surface area contributed by atoms with Gasteiger partial charge in [-0.25, -0.2) is 9.97 Å². The molecule has 0 fully saturated rings. The second-order valence-electron chi connectivity index (χ2n) is 5.90. The van der Waals surface area contributed by atoms with Gasteiger partial charge in [-0.15, -0.1) is 11.3 Å². The fourth-order valence-electron chi connectivity index (χ4n) is 2.82. The van der Waals surface area contributed by atoms with Crippen molar-refractivity contribution in [3.8, 4) is 22.8 Å². The molecular formula is C19H18N4O3S. The van der Waals surface area contributed by atoms with Crippen LogP contribution in [0.2, 0.25) is 0 Å². The summed E-state index contributed by atoms with van der Waals surface area (Å²) in [7, 11) is 3.23. The van der Waals surface area contributed by atoms with E-state index in [1.165, 1.54) is 4.88 Å². The molecule has 1 aromatic carbocycles. The van der Waals surface area contributed by atoms with Gasteiger partial charge in [-0.05, 0) is 25.1 Å². The molecule has 7 nitrogen and oxygen atoms in total. The number of benzene rings is 1. The molecule has 4 rings (SSSR count). The SMILES string of the molecule is COc1ccc(-c2cc(CNc3ncnc4sc(C)cc34)on2)c(OC)c1. The van der Waals surface area contributed by atoms with Gasteiger partial charge < -0.3 is 19.3 Å². The van der Waals surface area contributed by atoms with Gasteiger partial charge in [0.1, 0.15) is 34.2 Å². The highest BCUT2D eigenvalue weighted by atomic mass is 32.1. The van der Waals surface area contributed by atoms with Crippen LogP contribution in [-0.2, 0) is 6.54 Å². The van der Waals surface area contributed by atoms with Gasteiger partial charge in [-0.1, -0.05) is 5.16 Å². The minimum absolute atomic E-state index is 0.465. The maximum atomic E-state index is 5.47. The fraction of sp³-hybridized carbons (Fsp3) is 0.211. The van der Waals surface area contributed by atoms with Crippen molar-refractivity contribution in [3.05, 3.63) is 47.3 Å². The van der Waals surface area contributed by atoms with Gasteiger partial charge in [0, 0.05) is 22.6 Å². The number of thiophene rings is 1. The highest BCUT2D eigenvalue weighted by Gasteiger charge is 2.13. The van der Waals surface area contributed by atoms with E-state index in [9.17, 15) is 0 Å². The number of nitrogens with one attached hydrogen (secondary N) is 1. The molecule has 0 unspecified atom stereocenters. The molecule has 27 heavy (non-hydrogen) atoms. The van der Waals surface area contributed by atoms with Crippen molar-refractivity contribution in [2.24, 2.45) is 0 Å². The summed E-state index contributed by atoms with van der Waals surface area (Å²) >= 11 is 1.65. The smallest absolute Gasteiger partial charge is 0.156 e. The molecule has 3 heterocycles. The lowest BCUT2D eigenvalue weighted by Gasteiger charge is -2.07. The number of methoxy groups -OCH3 is 2. The molecule has 0 radical (unpaired) electrons. The normalized spacial score (nSPS) is 10.9. The predicted molar refractivity (Wildman–Crippen MR) is 105 cm³/mol. The van der Waals surface area contributed by atoms with E-state index < -0.39 is 0 Å². The van der Waals surface area contributed by atoms with Gasteiger partial charge in [-0.2, -0.15) is 0 Å². The van der Waals surface area contributed by atoms with Crippen LogP contribution in [0.15, 0.2) is 41.2 Å². The van der Waals surface area contributed by atoms with E-state index in [0.29, 0.717) is 23.7 Å². The maximum absolute atomic E-state index is 5.47. The lowest BCUT2D eigenvalue weighted by molar-refractivity contribution is 0.386. The van der Waals surface area contributed by atoms with Crippen LogP contribution in [0.25, 0.3) is 21.5 Å². The molecule has 0 aliphatic carbocycles. The van der Waals surface area contributed by atoms with Gasteiger partial charge in [-0.3, -0.25) is 0 Å². The van der Waals surface area contributed by atoms with Crippen molar-refractivity contribution in [3.63, 3.8) is 0 Å². The molecule has 0 amide bonds. The Kier molecular flexibility index (Phi) is 4.64. The Morgan fingerprint density at radius 3 is 2.81 bits per heavy atom. The van der Waals surface area contributed by atoms with Gasteiger partial charge >= 0.3 is 0 Å². The molecular weight excluding hydrogens is 364 g/mol. The Morgan fingerprint density at radius 2 is 2.00 bits per heavy atom. The van der Waals surface area contributed by atoms with Crippen LogP contribution in [0.1, 0.15) is 10.6 Å². The number of anilines is 1. The second-order valence-corrected chi connectivity index (χ2v) is 7.13. The monoisotopic (exact) mass is 382 g/mol. The van der Waals surface area contributed by atoms with Crippen LogP contribution in [0, 0.1) is 6.92 Å². The van der Waals surface area contributed by atoms with Crippen molar-refractivity contribution < 1.29 is 14.0 Å². The van der Waals surface area contributed by atoms with Crippen LogP contribution in [0.3, 0.4) is 0 Å². The molecule has 0 aliphatic heterocycles. The molecule has 0 bridgehead atoms. The first kappa shape index (κ1) is 17.3. The summed E-state index contributed by atoms with van der Waals surface area (Å²) in [5.74, 6) is 2.87. The Balaban J connectivity index is 1.55. The number of hydrogen-bond acceptors (Lipinski definition) is 8. The second kappa shape index (κ2) is 7.24. The lowest BCUT2D eigenvalue weighted by Crippen LogP contribution is -2.00. The molecule has 8 heteroatoms. The van der Waals surface area contributed by atoms with Crippen LogP contribution in [0.4, 0.5) is 5.82 Å². The first-order valence-electron chi connectivity index (χ1n) is 8.31. The van der Waals surface area contributed by atoms with Crippen molar-refractivity contribution in [1.29, 1.82) is 0 Å². The van der Waals surface area contributed by atoms with Gasteiger partial charge in [0.25, 0.3) is 0 Å². The van der Waals surface area contributed by atoms with Crippen LogP contribution >= 0.6 is 11.3 Å². The number of rotatable bonds is 6. The zero-order chi connectivity index (χ0) is 18.8. The third-order valence-electron chi connectivity index (χ3n) is 4.13. The minimum atomic E-state index is 0.465. The average Bonchev–Trinajstić information content (AvgIpc) is 3.31. The Labute approximate surface area is 160 Å². The number of aromatic nitrogens is 3. The minimum Gasteiger partial charge on any atom is -0.497 e. The molecule has 0 aliphatic rings. The van der Waals surface area contributed by atoms with Gasteiger partial charge in [0.2, 0.25) is 0 Å². The van der Waals surface area contributed by atoms with Crippen molar-refractivity contribution in [2.45, 2.75) is 13.5 Å². The van der Waals surface area contributed by atoms with E-state index in [4.69, 9.17) is 14.0 Å².